The molecule has 0 radical (unpaired) electrons. The molecule has 1 atom stereocenters. The Kier molecular flexibility index (Phi) is 9.09. The van der Waals surface area contributed by atoms with Crippen molar-refractivity contribution in [3.8, 4) is 11.5 Å². The summed E-state index contributed by atoms with van der Waals surface area (Å²) in [5.41, 5.74) is 4.75. The van der Waals surface area contributed by atoms with Gasteiger partial charge in [-0.1, -0.05) is 65.8 Å². The number of amides is 1. The number of fused-ring (bicyclic) bond motifs is 1. The van der Waals surface area contributed by atoms with Gasteiger partial charge in [0.1, 0.15) is 6.04 Å². The molecular weight excluding hydrogens is 570 g/mol. The third kappa shape index (κ3) is 6.42. The molecule has 0 spiro atoms. The Bertz CT molecular complexity index is 1630. The van der Waals surface area contributed by atoms with Gasteiger partial charge in [-0.2, -0.15) is 4.98 Å². The number of rotatable bonds is 10. The predicted octanol–water partition coefficient (Wildman–Crippen LogP) is 7.65. The van der Waals surface area contributed by atoms with Gasteiger partial charge in [-0.3, -0.25) is 4.79 Å². The Hall–Kier alpha value is -3.95. The summed E-state index contributed by atoms with van der Waals surface area (Å²) in [7, 11) is 0. The van der Waals surface area contributed by atoms with Crippen LogP contribution in [0.15, 0.2) is 83.2 Å². The summed E-state index contributed by atoms with van der Waals surface area (Å²) in [5, 5.41) is 12.6. The van der Waals surface area contributed by atoms with Gasteiger partial charge in [0.2, 0.25) is 11.1 Å². The highest BCUT2D eigenvalue weighted by molar-refractivity contribution is 7.98. The van der Waals surface area contributed by atoms with E-state index in [1.165, 1.54) is 11.8 Å². The number of nitrogens with one attached hydrogen (secondary N) is 2. The maximum atomic E-state index is 14.0. The van der Waals surface area contributed by atoms with Crippen molar-refractivity contribution in [1.29, 1.82) is 0 Å². The highest BCUT2D eigenvalue weighted by Gasteiger charge is 2.35. The number of benzene rings is 3. The van der Waals surface area contributed by atoms with E-state index in [0.29, 0.717) is 51.3 Å². The second-order valence-electron chi connectivity index (χ2n) is 10.2. The molecule has 42 heavy (non-hydrogen) atoms. The van der Waals surface area contributed by atoms with E-state index in [1.807, 2.05) is 101 Å². The third-order valence-electron chi connectivity index (χ3n) is 6.73. The molecule has 2 N–H and O–H groups in total. The molecule has 1 unspecified atom stereocenters. The second-order valence-corrected chi connectivity index (χ2v) is 11.5. The van der Waals surface area contributed by atoms with Crippen LogP contribution in [0.25, 0.3) is 0 Å². The molecule has 218 valence electrons. The molecule has 0 saturated heterocycles. The smallest absolute Gasteiger partial charge is 0.255 e. The molecular formula is C32H34ClN5O3S. The van der Waals surface area contributed by atoms with Gasteiger partial charge < -0.3 is 20.1 Å². The molecule has 1 aliphatic rings. The first kappa shape index (κ1) is 29.5. The molecule has 1 amide bonds. The van der Waals surface area contributed by atoms with Crippen LogP contribution in [-0.4, -0.2) is 33.4 Å². The minimum atomic E-state index is -0.570. The number of hydrogen-bond donors (Lipinski definition) is 2. The Morgan fingerprint density at radius 3 is 2.60 bits per heavy atom. The highest BCUT2D eigenvalue weighted by atomic mass is 35.5. The van der Waals surface area contributed by atoms with Crippen molar-refractivity contribution in [1.82, 2.24) is 14.8 Å². The molecule has 4 aromatic rings. The van der Waals surface area contributed by atoms with Crippen LogP contribution < -0.4 is 20.1 Å². The zero-order valence-corrected chi connectivity index (χ0v) is 25.8. The number of anilines is 2. The SMILES string of the molecule is CCOc1cc(C2C(C(=O)Nc3ccccc3C)=C(C)Nc3nc(SCc4ccccc4Cl)nn32)ccc1OC(C)C. The van der Waals surface area contributed by atoms with E-state index in [-0.39, 0.29) is 12.0 Å². The number of thioether (sulfide) groups is 1. The van der Waals surface area contributed by atoms with Crippen molar-refractivity contribution in [3.05, 3.63) is 99.7 Å². The molecule has 0 saturated carbocycles. The fourth-order valence-electron chi connectivity index (χ4n) is 4.77. The first-order valence-electron chi connectivity index (χ1n) is 13.9. The predicted molar refractivity (Wildman–Crippen MR) is 169 cm³/mol. The van der Waals surface area contributed by atoms with Crippen molar-refractivity contribution in [3.63, 3.8) is 0 Å². The van der Waals surface area contributed by atoms with E-state index in [9.17, 15) is 4.79 Å². The Morgan fingerprint density at radius 2 is 1.86 bits per heavy atom. The number of nitrogens with zero attached hydrogens (tertiary/aromatic N) is 3. The quantitative estimate of drug-likeness (QED) is 0.180. The second kappa shape index (κ2) is 12.9. The molecule has 3 aromatic carbocycles. The zero-order chi connectivity index (χ0) is 29.8. The molecule has 0 fully saturated rings. The van der Waals surface area contributed by atoms with Gasteiger partial charge in [0.15, 0.2) is 11.5 Å². The lowest BCUT2D eigenvalue weighted by Crippen LogP contribution is -2.31. The molecule has 1 aromatic heterocycles. The van der Waals surface area contributed by atoms with Crippen LogP contribution in [-0.2, 0) is 10.5 Å². The standard InChI is InChI=1S/C32H34ClN5O3S/c1-6-40-27-17-22(15-16-26(27)41-19(2)3)29-28(30(39)35-25-14-10-7-11-20(25)4)21(5)34-31-36-32(37-38(29)31)42-18-23-12-8-9-13-24(23)33/h7-17,19,29H,6,18H2,1-5H3,(H,35,39)(H,34,36,37). The van der Waals surface area contributed by atoms with E-state index >= 15 is 0 Å². The van der Waals surface area contributed by atoms with Gasteiger partial charge in [-0.15, -0.1) is 5.10 Å². The number of carbonyl (C=O) groups is 1. The lowest BCUT2D eigenvalue weighted by Gasteiger charge is -2.29. The molecule has 10 heteroatoms. The minimum Gasteiger partial charge on any atom is -0.490 e. The monoisotopic (exact) mass is 603 g/mol. The van der Waals surface area contributed by atoms with Crippen LogP contribution in [0.2, 0.25) is 5.02 Å². The van der Waals surface area contributed by atoms with Crippen molar-refractivity contribution >= 4 is 40.9 Å². The number of aryl methyl sites for hydroxylation is 1. The van der Waals surface area contributed by atoms with E-state index < -0.39 is 6.04 Å². The van der Waals surface area contributed by atoms with Crippen LogP contribution >= 0.6 is 23.4 Å². The Morgan fingerprint density at radius 1 is 1.10 bits per heavy atom. The maximum absolute atomic E-state index is 14.0. The number of aromatic nitrogens is 3. The largest absolute Gasteiger partial charge is 0.490 e. The summed E-state index contributed by atoms with van der Waals surface area (Å²) in [6, 6.07) is 20.6. The summed E-state index contributed by atoms with van der Waals surface area (Å²) >= 11 is 7.87. The van der Waals surface area contributed by atoms with E-state index in [4.69, 9.17) is 31.2 Å². The molecule has 8 nitrogen and oxygen atoms in total. The van der Waals surface area contributed by atoms with Gasteiger partial charge in [0.05, 0.1) is 18.3 Å². The summed E-state index contributed by atoms with van der Waals surface area (Å²) < 4.78 is 13.8. The minimum absolute atomic E-state index is 0.0221. The zero-order valence-electron chi connectivity index (χ0n) is 24.3. The number of allylic oxidation sites excluding steroid dienone is 1. The number of hydrogen-bond acceptors (Lipinski definition) is 7. The number of ether oxygens (including phenoxy) is 2. The van der Waals surface area contributed by atoms with Crippen molar-refractivity contribution in [2.24, 2.45) is 0 Å². The average Bonchev–Trinajstić information content (AvgIpc) is 3.36. The molecule has 5 rings (SSSR count). The van der Waals surface area contributed by atoms with Gasteiger partial charge >= 0.3 is 0 Å². The normalized spacial score (nSPS) is 14.4. The van der Waals surface area contributed by atoms with E-state index in [2.05, 4.69) is 10.6 Å². The van der Waals surface area contributed by atoms with Crippen LogP contribution in [0, 0.1) is 6.92 Å². The van der Waals surface area contributed by atoms with Crippen molar-refractivity contribution in [2.75, 3.05) is 17.2 Å². The number of para-hydroxylation sites is 1. The summed E-state index contributed by atoms with van der Waals surface area (Å²) in [6.45, 7) is 10.2. The lowest BCUT2D eigenvalue weighted by molar-refractivity contribution is -0.113. The summed E-state index contributed by atoms with van der Waals surface area (Å²) in [5.74, 6) is 2.18. The highest BCUT2D eigenvalue weighted by Crippen LogP contribution is 2.40. The fraction of sp³-hybridized carbons (Fsp3) is 0.281. The van der Waals surface area contributed by atoms with Gasteiger partial charge in [0, 0.05) is 22.2 Å². The molecule has 1 aliphatic heterocycles. The first-order valence-corrected chi connectivity index (χ1v) is 15.2. The van der Waals surface area contributed by atoms with Crippen LogP contribution in [0.1, 0.15) is 50.4 Å². The summed E-state index contributed by atoms with van der Waals surface area (Å²) in [6.07, 6.45) is -0.0221. The summed E-state index contributed by atoms with van der Waals surface area (Å²) in [4.78, 5) is 18.7. The van der Waals surface area contributed by atoms with Crippen molar-refractivity contribution < 1.29 is 14.3 Å². The topological polar surface area (TPSA) is 90.3 Å². The molecule has 2 heterocycles. The van der Waals surface area contributed by atoms with E-state index in [0.717, 1.165) is 22.4 Å². The first-order chi connectivity index (χ1) is 20.2. The average molecular weight is 604 g/mol. The Balaban J connectivity index is 1.56. The number of halogens is 1. The number of carbonyl (C=O) groups excluding carboxylic acids is 1. The van der Waals surface area contributed by atoms with Crippen LogP contribution in [0.5, 0.6) is 11.5 Å². The van der Waals surface area contributed by atoms with Crippen LogP contribution in [0.4, 0.5) is 11.6 Å². The lowest BCUT2D eigenvalue weighted by atomic mass is 9.94. The maximum Gasteiger partial charge on any atom is 0.255 e. The van der Waals surface area contributed by atoms with Gasteiger partial charge in [-0.25, -0.2) is 4.68 Å². The van der Waals surface area contributed by atoms with Gasteiger partial charge in [-0.05, 0) is 75.6 Å². The van der Waals surface area contributed by atoms with Crippen LogP contribution in [0.3, 0.4) is 0 Å². The van der Waals surface area contributed by atoms with E-state index in [1.54, 1.807) is 4.68 Å². The third-order valence-corrected chi connectivity index (χ3v) is 7.99. The molecule has 0 bridgehead atoms. The van der Waals surface area contributed by atoms with Gasteiger partial charge in [0.25, 0.3) is 5.91 Å². The fourth-order valence-corrected chi connectivity index (χ4v) is 5.88. The molecule has 0 aliphatic carbocycles. The Labute approximate surface area is 255 Å². The van der Waals surface area contributed by atoms with Crippen molar-refractivity contribution in [2.45, 2.75) is 57.7 Å².